The Morgan fingerprint density at radius 3 is 3.00 bits per heavy atom. The van der Waals surface area contributed by atoms with Gasteiger partial charge in [-0.1, -0.05) is 13.3 Å². The van der Waals surface area contributed by atoms with Gasteiger partial charge in [-0.15, -0.1) is 0 Å². The van der Waals surface area contributed by atoms with Gasteiger partial charge >= 0.3 is 0 Å². The molecular weight excluding hydrogens is 262 g/mol. The van der Waals surface area contributed by atoms with Gasteiger partial charge in [0.1, 0.15) is 5.82 Å². The molecule has 1 aliphatic heterocycles. The van der Waals surface area contributed by atoms with Gasteiger partial charge in [-0.2, -0.15) is 0 Å². The molecule has 5 nitrogen and oxygen atoms in total. The second kappa shape index (κ2) is 5.48. The van der Waals surface area contributed by atoms with E-state index in [2.05, 4.69) is 45.1 Å². The molecule has 0 amide bonds. The zero-order valence-corrected chi connectivity index (χ0v) is 13.0. The van der Waals surface area contributed by atoms with Crippen molar-refractivity contribution in [2.45, 2.75) is 26.2 Å². The summed E-state index contributed by atoms with van der Waals surface area (Å²) in [6.07, 6.45) is 5.13. The van der Waals surface area contributed by atoms with Crippen molar-refractivity contribution in [1.29, 1.82) is 0 Å². The van der Waals surface area contributed by atoms with Gasteiger partial charge < -0.3 is 9.88 Å². The molecule has 0 bridgehead atoms. The van der Waals surface area contributed by atoms with Crippen LogP contribution in [0.1, 0.15) is 30.8 Å². The van der Waals surface area contributed by atoms with Crippen LogP contribution in [0.25, 0.3) is 5.69 Å². The van der Waals surface area contributed by atoms with E-state index in [-0.39, 0.29) is 0 Å². The van der Waals surface area contributed by atoms with E-state index in [0.29, 0.717) is 11.8 Å². The van der Waals surface area contributed by atoms with Crippen molar-refractivity contribution >= 4 is 12.5 Å². The lowest BCUT2D eigenvalue weighted by molar-refractivity contribution is 0.392. The highest BCUT2D eigenvalue weighted by atomic mass is 15.2. The molecule has 2 atom stereocenters. The minimum absolute atomic E-state index is 0.522. The Bertz CT molecular complexity index is 639. The Balaban J connectivity index is 2.07. The van der Waals surface area contributed by atoms with Gasteiger partial charge in [0.05, 0.1) is 5.69 Å². The molecular formula is C16H23N5. The SMILES string of the molecule is C=Nc1[nH]ccc1-n1c([C@H]2CN(C)C[C@H]2CC)cnc1C. The standard InChI is InChI=1S/C16H23N5/c1-5-12-9-20(4)10-13(12)15-8-19-11(2)21(15)14-6-7-18-16(14)17-3/h6-8,12-13,18H,3,5,9-10H2,1-2,4H3/t12-,13+/m1/s1. The predicted molar refractivity (Wildman–Crippen MR) is 85.9 cm³/mol. The maximum absolute atomic E-state index is 4.55. The first-order valence-electron chi connectivity index (χ1n) is 7.53. The van der Waals surface area contributed by atoms with Gasteiger partial charge in [-0.3, -0.25) is 4.57 Å². The van der Waals surface area contributed by atoms with E-state index in [1.807, 2.05) is 25.4 Å². The van der Waals surface area contributed by atoms with Crippen LogP contribution in [0.15, 0.2) is 23.5 Å². The molecule has 0 aromatic carbocycles. The van der Waals surface area contributed by atoms with Crippen molar-refractivity contribution in [3.8, 4) is 5.69 Å². The summed E-state index contributed by atoms with van der Waals surface area (Å²) in [5.74, 6) is 3.01. The van der Waals surface area contributed by atoms with E-state index in [0.717, 1.165) is 30.4 Å². The van der Waals surface area contributed by atoms with Crippen molar-refractivity contribution in [1.82, 2.24) is 19.4 Å². The molecule has 1 aliphatic rings. The summed E-state index contributed by atoms with van der Waals surface area (Å²) >= 11 is 0. The molecule has 5 heteroatoms. The van der Waals surface area contributed by atoms with Crippen LogP contribution in [0.2, 0.25) is 0 Å². The molecule has 112 valence electrons. The molecule has 0 spiro atoms. The average molecular weight is 285 g/mol. The molecule has 1 N–H and O–H groups in total. The van der Waals surface area contributed by atoms with Gasteiger partial charge in [0.25, 0.3) is 0 Å². The zero-order chi connectivity index (χ0) is 15.0. The normalized spacial score (nSPS) is 22.8. The number of likely N-dealkylation sites (N-methyl/N-ethyl adjacent to an activating group) is 1. The zero-order valence-electron chi connectivity index (χ0n) is 13.0. The van der Waals surface area contributed by atoms with E-state index < -0.39 is 0 Å². The van der Waals surface area contributed by atoms with Gasteiger partial charge in [-0.05, 0) is 32.7 Å². The second-order valence-electron chi connectivity index (χ2n) is 5.93. The van der Waals surface area contributed by atoms with Crippen molar-refractivity contribution < 1.29 is 0 Å². The molecule has 1 saturated heterocycles. The number of nitrogens with zero attached hydrogens (tertiary/aromatic N) is 4. The lowest BCUT2D eigenvalue weighted by Crippen LogP contribution is -2.15. The van der Waals surface area contributed by atoms with Crippen LogP contribution in [0, 0.1) is 12.8 Å². The third-order valence-corrected chi connectivity index (χ3v) is 4.60. The number of imidazole rings is 1. The summed E-state index contributed by atoms with van der Waals surface area (Å²) in [6.45, 7) is 10.2. The van der Waals surface area contributed by atoms with Crippen LogP contribution in [-0.4, -0.2) is 46.3 Å². The molecule has 3 heterocycles. The van der Waals surface area contributed by atoms with Crippen molar-refractivity contribution in [2.24, 2.45) is 10.9 Å². The quantitative estimate of drug-likeness (QED) is 0.878. The fourth-order valence-corrected chi connectivity index (χ4v) is 3.53. The highest BCUT2D eigenvalue weighted by molar-refractivity contribution is 5.57. The third kappa shape index (κ3) is 2.31. The number of rotatable bonds is 4. The highest BCUT2D eigenvalue weighted by Gasteiger charge is 2.33. The topological polar surface area (TPSA) is 49.2 Å². The molecule has 2 aromatic heterocycles. The smallest absolute Gasteiger partial charge is 0.153 e. The summed E-state index contributed by atoms with van der Waals surface area (Å²) in [6, 6.07) is 2.04. The maximum atomic E-state index is 4.55. The van der Waals surface area contributed by atoms with E-state index in [1.165, 1.54) is 12.1 Å². The number of aromatic amines is 1. The first-order valence-corrected chi connectivity index (χ1v) is 7.53. The lowest BCUT2D eigenvalue weighted by atomic mass is 9.91. The Morgan fingerprint density at radius 1 is 1.48 bits per heavy atom. The van der Waals surface area contributed by atoms with Crippen molar-refractivity contribution in [3.05, 3.63) is 30.0 Å². The van der Waals surface area contributed by atoms with Crippen molar-refractivity contribution in [3.63, 3.8) is 0 Å². The van der Waals surface area contributed by atoms with Crippen LogP contribution in [-0.2, 0) is 0 Å². The Morgan fingerprint density at radius 2 is 2.29 bits per heavy atom. The monoisotopic (exact) mass is 285 g/mol. The number of hydrogen-bond donors (Lipinski definition) is 1. The van der Waals surface area contributed by atoms with E-state index >= 15 is 0 Å². The molecule has 21 heavy (non-hydrogen) atoms. The molecule has 0 aliphatic carbocycles. The summed E-state index contributed by atoms with van der Waals surface area (Å²) in [5.41, 5.74) is 2.33. The van der Waals surface area contributed by atoms with Crippen LogP contribution in [0.5, 0.6) is 0 Å². The average Bonchev–Trinajstić information content (AvgIpc) is 3.15. The number of likely N-dealkylation sites (tertiary alicyclic amines) is 1. The number of hydrogen-bond acceptors (Lipinski definition) is 3. The number of H-pyrrole nitrogens is 1. The largest absolute Gasteiger partial charge is 0.345 e. The highest BCUT2D eigenvalue weighted by Crippen LogP contribution is 2.36. The molecule has 0 radical (unpaired) electrons. The van der Waals surface area contributed by atoms with Gasteiger partial charge in [0, 0.05) is 37.1 Å². The summed E-state index contributed by atoms with van der Waals surface area (Å²) < 4.78 is 2.23. The van der Waals surface area contributed by atoms with Crippen LogP contribution in [0.3, 0.4) is 0 Å². The lowest BCUT2D eigenvalue weighted by Gasteiger charge is -2.19. The van der Waals surface area contributed by atoms with E-state index in [1.54, 1.807) is 0 Å². The van der Waals surface area contributed by atoms with E-state index in [4.69, 9.17) is 0 Å². The fourth-order valence-electron chi connectivity index (χ4n) is 3.53. The van der Waals surface area contributed by atoms with Gasteiger partial charge in [-0.25, -0.2) is 9.98 Å². The van der Waals surface area contributed by atoms with Crippen LogP contribution in [0.4, 0.5) is 5.82 Å². The molecule has 1 fully saturated rings. The van der Waals surface area contributed by atoms with E-state index in [9.17, 15) is 0 Å². The Kier molecular flexibility index (Phi) is 3.68. The first-order chi connectivity index (χ1) is 10.2. The third-order valence-electron chi connectivity index (χ3n) is 4.60. The number of aryl methyl sites for hydroxylation is 1. The summed E-state index contributed by atoms with van der Waals surface area (Å²) in [4.78, 5) is 14.2. The summed E-state index contributed by atoms with van der Waals surface area (Å²) in [5, 5.41) is 0. The van der Waals surface area contributed by atoms with Gasteiger partial charge in [0.2, 0.25) is 0 Å². The molecule has 3 rings (SSSR count). The number of nitrogens with one attached hydrogen (secondary N) is 1. The van der Waals surface area contributed by atoms with Crippen molar-refractivity contribution in [2.75, 3.05) is 20.1 Å². The minimum atomic E-state index is 0.522. The minimum Gasteiger partial charge on any atom is -0.345 e. The maximum Gasteiger partial charge on any atom is 0.153 e. The number of aromatic nitrogens is 3. The fraction of sp³-hybridized carbons (Fsp3) is 0.500. The Labute approximate surface area is 125 Å². The second-order valence-corrected chi connectivity index (χ2v) is 5.93. The first kappa shape index (κ1) is 14.1. The van der Waals surface area contributed by atoms with Crippen LogP contribution >= 0.6 is 0 Å². The molecule has 0 unspecified atom stereocenters. The Hall–Kier alpha value is -1.88. The molecule has 0 saturated carbocycles. The summed E-state index contributed by atoms with van der Waals surface area (Å²) in [7, 11) is 2.20. The van der Waals surface area contributed by atoms with Gasteiger partial charge in [0.15, 0.2) is 5.82 Å². The van der Waals surface area contributed by atoms with Crippen LogP contribution < -0.4 is 0 Å². The number of aliphatic imine (C=N–C) groups is 1. The predicted octanol–water partition coefficient (Wildman–Crippen LogP) is 2.90. The molecule has 2 aromatic rings.